The second-order valence-electron chi connectivity index (χ2n) is 6.79. The highest BCUT2D eigenvalue weighted by molar-refractivity contribution is 5.94. The van der Waals surface area contributed by atoms with Gasteiger partial charge in [0.05, 0.1) is 5.69 Å². The Morgan fingerprint density at radius 3 is 2.74 bits per heavy atom. The monoisotopic (exact) mass is 361 g/mol. The maximum Gasteiger partial charge on any atom is 0.253 e. The van der Waals surface area contributed by atoms with E-state index in [2.05, 4.69) is 21.9 Å². The third-order valence-corrected chi connectivity index (χ3v) is 5.08. The summed E-state index contributed by atoms with van der Waals surface area (Å²) < 4.78 is 2.01. The van der Waals surface area contributed by atoms with Gasteiger partial charge in [-0.1, -0.05) is 25.1 Å². The van der Waals surface area contributed by atoms with E-state index in [-0.39, 0.29) is 11.8 Å². The molecule has 1 amide bonds. The number of carbonyl (C=O) groups excluding carboxylic acids is 1. The van der Waals surface area contributed by atoms with Crippen molar-refractivity contribution in [2.24, 2.45) is 0 Å². The minimum absolute atomic E-state index is 0.0858. The van der Waals surface area contributed by atoms with E-state index >= 15 is 0 Å². The van der Waals surface area contributed by atoms with Crippen molar-refractivity contribution in [3.63, 3.8) is 0 Å². The van der Waals surface area contributed by atoms with E-state index in [1.807, 2.05) is 46.0 Å². The van der Waals surface area contributed by atoms with Crippen molar-refractivity contribution in [3.05, 3.63) is 72.2 Å². The minimum atomic E-state index is 0.0858. The predicted molar refractivity (Wildman–Crippen MR) is 103 cm³/mol. The molecule has 1 saturated heterocycles. The van der Waals surface area contributed by atoms with Crippen LogP contribution in [0, 0.1) is 0 Å². The topological polar surface area (TPSA) is 63.9 Å². The van der Waals surface area contributed by atoms with E-state index in [0.29, 0.717) is 6.54 Å². The first kappa shape index (κ1) is 17.4. The van der Waals surface area contributed by atoms with Crippen LogP contribution in [0.25, 0.3) is 5.82 Å². The van der Waals surface area contributed by atoms with Crippen LogP contribution in [-0.4, -0.2) is 43.4 Å². The summed E-state index contributed by atoms with van der Waals surface area (Å²) in [6, 6.07) is 9.48. The summed E-state index contributed by atoms with van der Waals surface area (Å²) >= 11 is 0. The zero-order valence-electron chi connectivity index (χ0n) is 15.5. The van der Waals surface area contributed by atoms with Crippen LogP contribution in [0.5, 0.6) is 0 Å². The van der Waals surface area contributed by atoms with Gasteiger partial charge in [0.2, 0.25) is 0 Å². The number of benzene rings is 1. The first-order valence-corrected chi connectivity index (χ1v) is 9.45. The quantitative estimate of drug-likeness (QED) is 0.716. The predicted octanol–water partition coefficient (Wildman–Crippen LogP) is 3.24. The molecule has 0 aliphatic carbocycles. The maximum atomic E-state index is 12.9. The van der Waals surface area contributed by atoms with Crippen molar-refractivity contribution in [2.75, 3.05) is 13.1 Å². The lowest BCUT2D eigenvalue weighted by Crippen LogP contribution is -2.39. The van der Waals surface area contributed by atoms with Crippen LogP contribution in [0.2, 0.25) is 0 Å². The Labute approximate surface area is 158 Å². The van der Waals surface area contributed by atoms with Gasteiger partial charge in [0.1, 0.15) is 5.82 Å². The molecule has 0 radical (unpaired) electrons. The van der Waals surface area contributed by atoms with Gasteiger partial charge < -0.3 is 4.90 Å². The molecule has 27 heavy (non-hydrogen) atoms. The van der Waals surface area contributed by atoms with Gasteiger partial charge in [-0.15, -0.1) is 0 Å². The molecule has 3 aromatic rings. The molecule has 1 atom stereocenters. The molecule has 0 unspecified atom stereocenters. The molecule has 2 aromatic heterocycles. The highest BCUT2D eigenvalue weighted by Gasteiger charge is 2.28. The summed E-state index contributed by atoms with van der Waals surface area (Å²) in [5, 5.41) is 0. The van der Waals surface area contributed by atoms with Crippen molar-refractivity contribution < 1.29 is 4.79 Å². The van der Waals surface area contributed by atoms with E-state index in [1.54, 1.807) is 18.6 Å². The molecule has 3 heterocycles. The molecule has 1 aliphatic heterocycles. The number of hydrogen-bond donors (Lipinski definition) is 0. The fraction of sp³-hybridized carbons (Fsp3) is 0.333. The number of amides is 1. The molecule has 1 aliphatic rings. The Morgan fingerprint density at radius 1 is 1.11 bits per heavy atom. The standard InChI is InChI=1S/C21H23N5O/c1-2-18-22-12-14-26(18)20-19(23-10-11-24-20)17-9-6-13-25(15-17)21(27)16-7-4-3-5-8-16/h3-5,7-8,10-12,14,17H,2,6,9,13,15H2,1H3/t17-/m0/s1. The van der Waals surface area contributed by atoms with E-state index in [1.165, 1.54) is 0 Å². The Kier molecular flexibility index (Phi) is 4.96. The number of carbonyl (C=O) groups is 1. The first-order chi connectivity index (χ1) is 13.3. The van der Waals surface area contributed by atoms with Crippen LogP contribution in [0.4, 0.5) is 0 Å². The highest BCUT2D eigenvalue weighted by Crippen LogP contribution is 2.29. The molecule has 1 fully saturated rings. The molecule has 6 heteroatoms. The number of piperidine rings is 1. The van der Waals surface area contributed by atoms with Gasteiger partial charge in [-0.05, 0) is 25.0 Å². The third kappa shape index (κ3) is 3.47. The van der Waals surface area contributed by atoms with Crippen molar-refractivity contribution in [3.8, 4) is 5.82 Å². The average Bonchev–Trinajstić information content (AvgIpc) is 3.23. The van der Waals surface area contributed by atoms with Gasteiger partial charge >= 0.3 is 0 Å². The fourth-order valence-electron chi connectivity index (χ4n) is 3.75. The minimum Gasteiger partial charge on any atom is -0.338 e. The van der Waals surface area contributed by atoms with Crippen LogP contribution < -0.4 is 0 Å². The number of hydrogen-bond acceptors (Lipinski definition) is 4. The van der Waals surface area contributed by atoms with Gasteiger partial charge in [-0.3, -0.25) is 14.3 Å². The lowest BCUT2D eigenvalue weighted by atomic mass is 9.93. The SMILES string of the molecule is CCc1nccn1-c1nccnc1[C@H]1CCCN(C(=O)c2ccccc2)C1. The molecule has 0 saturated carbocycles. The largest absolute Gasteiger partial charge is 0.338 e. The Bertz CT molecular complexity index is 921. The maximum absolute atomic E-state index is 12.9. The number of likely N-dealkylation sites (tertiary alicyclic amines) is 1. The summed E-state index contributed by atoms with van der Waals surface area (Å²) in [6.45, 7) is 3.52. The van der Waals surface area contributed by atoms with Crippen molar-refractivity contribution in [1.82, 2.24) is 24.4 Å². The summed E-state index contributed by atoms with van der Waals surface area (Å²) in [5.74, 6) is 2.04. The Hall–Kier alpha value is -3.02. The van der Waals surface area contributed by atoms with Crippen LogP contribution >= 0.6 is 0 Å². The summed E-state index contributed by atoms with van der Waals surface area (Å²) in [4.78, 5) is 28.5. The van der Waals surface area contributed by atoms with E-state index in [0.717, 1.165) is 48.7 Å². The second kappa shape index (κ2) is 7.70. The van der Waals surface area contributed by atoms with E-state index < -0.39 is 0 Å². The van der Waals surface area contributed by atoms with Gasteiger partial charge in [0, 0.05) is 55.8 Å². The molecule has 1 aromatic carbocycles. The van der Waals surface area contributed by atoms with E-state index in [9.17, 15) is 4.79 Å². The van der Waals surface area contributed by atoms with Crippen molar-refractivity contribution in [1.29, 1.82) is 0 Å². The Balaban J connectivity index is 1.62. The molecule has 6 nitrogen and oxygen atoms in total. The zero-order chi connectivity index (χ0) is 18.6. The summed E-state index contributed by atoms with van der Waals surface area (Å²) in [5.41, 5.74) is 1.68. The van der Waals surface area contributed by atoms with Gasteiger partial charge in [0.25, 0.3) is 5.91 Å². The lowest BCUT2D eigenvalue weighted by Gasteiger charge is -2.33. The van der Waals surface area contributed by atoms with E-state index in [4.69, 9.17) is 0 Å². The van der Waals surface area contributed by atoms with Crippen LogP contribution in [0.3, 0.4) is 0 Å². The molecule has 0 spiro atoms. The summed E-state index contributed by atoms with van der Waals surface area (Å²) in [7, 11) is 0. The molecular formula is C21H23N5O. The van der Waals surface area contributed by atoms with Gasteiger partial charge in [-0.2, -0.15) is 0 Å². The van der Waals surface area contributed by atoms with Crippen molar-refractivity contribution >= 4 is 5.91 Å². The third-order valence-electron chi connectivity index (χ3n) is 5.08. The number of imidazole rings is 1. The number of rotatable bonds is 4. The molecule has 0 N–H and O–H groups in total. The Morgan fingerprint density at radius 2 is 1.93 bits per heavy atom. The summed E-state index contributed by atoms with van der Waals surface area (Å²) in [6.07, 6.45) is 9.97. The second-order valence-corrected chi connectivity index (χ2v) is 6.79. The number of nitrogens with zero attached hydrogens (tertiary/aromatic N) is 5. The zero-order valence-corrected chi connectivity index (χ0v) is 15.5. The average molecular weight is 361 g/mol. The van der Waals surface area contributed by atoms with Gasteiger partial charge in [-0.25, -0.2) is 9.97 Å². The molecule has 4 rings (SSSR count). The van der Waals surface area contributed by atoms with Crippen molar-refractivity contribution in [2.45, 2.75) is 32.1 Å². The van der Waals surface area contributed by atoms with Gasteiger partial charge in [0.15, 0.2) is 5.82 Å². The number of aromatic nitrogens is 4. The first-order valence-electron chi connectivity index (χ1n) is 9.45. The van der Waals surface area contributed by atoms with Crippen LogP contribution in [0.15, 0.2) is 55.1 Å². The number of aryl methyl sites for hydroxylation is 1. The smallest absolute Gasteiger partial charge is 0.253 e. The van der Waals surface area contributed by atoms with Crippen LogP contribution in [-0.2, 0) is 6.42 Å². The molecule has 138 valence electrons. The molecule has 0 bridgehead atoms. The highest BCUT2D eigenvalue weighted by atomic mass is 16.2. The molecular weight excluding hydrogens is 338 g/mol. The normalized spacial score (nSPS) is 17.1. The lowest BCUT2D eigenvalue weighted by molar-refractivity contribution is 0.0705. The van der Waals surface area contributed by atoms with Crippen LogP contribution in [0.1, 0.15) is 47.6 Å². The fourth-order valence-corrected chi connectivity index (χ4v) is 3.75.